The summed E-state index contributed by atoms with van der Waals surface area (Å²) in [6.07, 6.45) is 1.16. The van der Waals surface area contributed by atoms with Crippen LogP contribution in [0.25, 0.3) is 0 Å². The molecule has 0 aromatic rings. The fraction of sp³-hybridized carbons (Fsp3) is 0.950. The van der Waals surface area contributed by atoms with Gasteiger partial charge in [-0.2, -0.15) is 0 Å². The molecule has 5 aliphatic rings. The maximum atomic E-state index is 12.0. The van der Waals surface area contributed by atoms with Gasteiger partial charge in [0.05, 0.1) is 18.1 Å². The Bertz CT molecular complexity index is 724. The Labute approximate surface area is 190 Å². The number of hydrogen-bond acceptors (Lipinski definition) is 9. The van der Waals surface area contributed by atoms with Crippen molar-refractivity contribution in [1.29, 1.82) is 0 Å². The number of nitrogens with zero attached hydrogens (tertiary/aromatic N) is 1. The van der Waals surface area contributed by atoms with Gasteiger partial charge in [-0.1, -0.05) is 0 Å². The zero-order valence-corrected chi connectivity index (χ0v) is 19.7. The fourth-order valence-electron chi connectivity index (χ4n) is 6.02. The molecule has 32 heavy (non-hydrogen) atoms. The minimum absolute atomic E-state index is 0.00236. The lowest BCUT2D eigenvalue weighted by Gasteiger charge is -2.33. The zero-order valence-electron chi connectivity index (χ0n) is 19.7. The Morgan fingerprint density at radius 2 is 1.53 bits per heavy atom. The van der Waals surface area contributed by atoms with Crippen LogP contribution >= 0.6 is 0 Å². The molecule has 4 N–H and O–H groups in total. The van der Waals surface area contributed by atoms with Gasteiger partial charge in [0.1, 0.15) is 18.3 Å². The molecule has 10 nitrogen and oxygen atoms in total. The summed E-state index contributed by atoms with van der Waals surface area (Å²) in [4.78, 5) is 13.5. The van der Waals surface area contributed by atoms with Gasteiger partial charge >= 0.3 is 14.1 Å². The average Bonchev–Trinajstić information content (AvgIpc) is 3.39. The van der Waals surface area contributed by atoms with Crippen molar-refractivity contribution in [1.82, 2.24) is 10.0 Å². The Balaban J connectivity index is 0.000000153. The summed E-state index contributed by atoms with van der Waals surface area (Å²) in [5.74, 6) is -1.25. The highest BCUT2D eigenvalue weighted by Gasteiger charge is 2.64. The van der Waals surface area contributed by atoms with Crippen molar-refractivity contribution in [3.05, 3.63) is 0 Å². The van der Waals surface area contributed by atoms with Crippen molar-refractivity contribution in [3.8, 4) is 0 Å². The van der Waals surface area contributed by atoms with E-state index in [-0.39, 0.29) is 60.8 Å². The maximum absolute atomic E-state index is 12.0. The summed E-state index contributed by atoms with van der Waals surface area (Å²) < 4.78 is 23.2. The molecule has 3 aliphatic heterocycles. The molecule has 2 saturated carbocycles. The molecule has 0 radical (unpaired) electrons. The maximum Gasteiger partial charge on any atom is 0.412 e. The smallest absolute Gasteiger partial charge is 0.412 e. The van der Waals surface area contributed by atoms with Crippen LogP contribution in [0.2, 0.25) is 13.6 Å². The van der Waals surface area contributed by atoms with Gasteiger partial charge in [-0.15, -0.1) is 0 Å². The van der Waals surface area contributed by atoms with E-state index in [1.807, 2.05) is 27.7 Å². The molecule has 5 rings (SSSR count). The van der Waals surface area contributed by atoms with E-state index < -0.39 is 25.7 Å². The molecule has 1 amide bonds. The average molecular weight is 454 g/mol. The summed E-state index contributed by atoms with van der Waals surface area (Å²) in [6, 6.07) is 0.0215. The van der Waals surface area contributed by atoms with Gasteiger partial charge in [0, 0.05) is 18.6 Å². The van der Waals surface area contributed by atoms with E-state index in [0.717, 1.165) is 12.8 Å². The largest absolute Gasteiger partial charge is 0.437 e. The first-order valence-electron chi connectivity index (χ1n) is 11.6. The van der Waals surface area contributed by atoms with Gasteiger partial charge in [0.15, 0.2) is 11.6 Å². The number of piperidine rings is 1. The normalized spacial score (nSPS) is 42.5. The van der Waals surface area contributed by atoms with Gasteiger partial charge < -0.3 is 44.1 Å². The number of aliphatic hydroxyl groups is 1. The Morgan fingerprint density at radius 1 is 0.969 bits per heavy atom. The van der Waals surface area contributed by atoms with Crippen LogP contribution in [-0.4, -0.2) is 94.7 Å². The van der Waals surface area contributed by atoms with E-state index in [4.69, 9.17) is 18.9 Å². The van der Waals surface area contributed by atoms with E-state index >= 15 is 0 Å². The number of amides is 1. The first-order valence-corrected chi connectivity index (χ1v) is 11.6. The third kappa shape index (κ3) is 4.36. The van der Waals surface area contributed by atoms with E-state index in [1.54, 1.807) is 13.6 Å². The molecule has 3 saturated heterocycles. The predicted octanol–water partition coefficient (Wildman–Crippen LogP) is -0.565. The van der Waals surface area contributed by atoms with Crippen LogP contribution in [0.1, 0.15) is 40.5 Å². The SMILES string of the molecule is CB(O)N1C(=O)C2CC1C1OC(C)(C)OC21.CB(O)NC1CC(CO)C2OC(C)(C)OC12. The second-order valence-corrected chi connectivity index (χ2v) is 10.5. The van der Waals surface area contributed by atoms with Crippen molar-refractivity contribution >= 4 is 20.0 Å². The van der Waals surface area contributed by atoms with Gasteiger partial charge in [-0.3, -0.25) is 4.79 Å². The number of ether oxygens (including phenoxy) is 4. The lowest BCUT2D eigenvalue weighted by Crippen LogP contribution is -2.55. The van der Waals surface area contributed by atoms with E-state index in [2.05, 4.69) is 5.23 Å². The highest BCUT2D eigenvalue weighted by molar-refractivity contribution is 6.49. The molecule has 5 fully saturated rings. The van der Waals surface area contributed by atoms with Gasteiger partial charge in [-0.25, -0.2) is 0 Å². The number of carbonyl (C=O) groups excluding carboxylic acids is 1. The van der Waals surface area contributed by atoms with E-state index in [9.17, 15) is 19.9 Å². The standard InChI is InChI=1S/C10H16BNO4.C10H20BNO4/c1-10(2)15-7-5-4-6(8(7)16-10)12(9(5)13)11(3)14;1-10(2)15-8-6(5-13)4-7(9(8)16-10)12-11(3)14/h5-8,14H,4H2,1-3H3;6-9,12-14H,4-5H2,1-3H3. The van der Waals surface area contributed by atoms with Gasteiger partial charge in [0.2, 0.25) is 5.91 Å². The molecular weight excluding hydrogens is 418 g/mol. The third-order valence-electron chi connectivity index (χ3n) is 7.04. The lowest BCUT2D eigenvalue weighted by molar-refractivity contribution is -0.159. The van der Waals surface area contributed by atoms with Crippen molar-refractivity contribution in [3.63, 3.8) is 0 Å². The molecule has 2 aliphatic carbocycles. The molecule has 0 spiro atoms. The van der Waals surface area contributed by atoms with Gasteiger partial charge in [0.25, 0.3) is 0 Å². The van der Waals surface area contributed by atoms with Crippen molar-refractivity contribution in [2.75, 3.05) is 6.61 Å². The van der Waals surface area contributed by atoms with Crippen LogP contribution in [0.4, 0.5) is 0 Å². The topological polar surface area (TPSA) is 130 Å². The first-order chi connectivity index (χ1) is 14.8. The van der Waals surface area contributed by atoms with Gasteiger partial charge in [-0.05, 0) is 54.2 Å². The highest BCUT2D eigenvalue weighted by Crippen LogP contribution is 2.48. The van der Waals surface area contributed by atoms with Crippen molar-refractivity contribution < 1.29 is 38.9 Å². The number of nitrogens with one attached hydrogen (secondary N) is 1. The summed E-state index contributed by atoms with van der Waals surface area (Å²) in [7, 11) is -1.31. The van der Waals surface area contributed by atoms with Crippen LogP contribution in [0.3, 0.4) is 0 Å². The Hall–Kier alpha value is -0.720. The summed E-state index contributed by atoms with van der Waals surface area (Å²) >= 11 is 0. The summed E-state index contributed by atoms with van der Waals surface area (Å²) in [5, 5.41) is 31.3. The van der Waals surface area contributed by atoms with E-state index in [0.29, 0.717) is 0 Å². The monoisotopic (exact) mass is 454 g/mol. The number of aliphatic hydroxyl groups excluding tert-OH is 1. The van der Waals surface area contributed by atoms with Crippen LogP contribution < -0.4 is 5.23 Å². The minimum Gasteiger partial charge on any atom is -0.437 e. The molecule has 180 valence electrons. The number of hydrogen-bond donors (Lipinski definition) is 4. The minimum atomic E-state index is -0.740. The van der Waals surface area contributed by atoms with E-state index in [1.165, 1.54) is 4.81 Å². The molecule has 8 atom stereocenters. The summed E-state index contributed by atoms with van der Waals surface area (Å²) in [6.45, 7) is 10.9. The molecule has 2 bridgehead atoms. The van der Waals surface area contributed by atoms with Crippen molar-refractivity contribution in [2.45, 2.75) is 102 Å². The fourth-order valence-corrected chi connectivity index (χ4v) is 6.02. The highest BCUT2D eigenvalue weighted by atomic mass is 16.8. The quantitative estimate of drug-likeness (QED) is 0.413. The second kappa shape index (κ2) is 8.49. The van der Waals surface area contributed by atoms with Crippen LogP contribution in [0.15, 0.2) is 0 Å². The van der Waals surface area contributed by atoms with Crippen LogP contribution in [0, 0.1) is 11.8 Å². The predicted molar refractivity (Wildman–Crippen MR) is 116 cm³/mol. The molecule has 0 aromatic carbocycles. The molecule has 3 heterocycles. The number of carbonyl (C=O) groups is 1. The van der Waals surface area contributed by atoms with Crippen LogP contribution in [0.5, 0.6) is 0 Å². The second-order valence-electron chi connectivity index (χ2n) is 10.5. The van der Waals surface area contributed by atoms with Crippen LogP contribution in [-0.2, 0) is 23.7 Å². The molecular formula is C20H36B2N2O8. The Morgan fingerprint density at radius 3 is 2.09 bits per heavy atom. The molecule has 0 aromatic heterocycles. The zero-order chi connectivity index (χ0) is 23.6. The molecule has 12 heteroatoms. The number of rotatable bonds is 4. The van der Waals surface area contributed by atoms with Crippen molar-refractivity contribution in [2.24, 2.45) is 11.8 Å². The summed E-state index contributed by atoms with van der Waals surface area (Å²) in [5.41, 5.74) is 0. The first kappa shape index (κ1) is 24.4. The Kier molecular flexibility index (Phi) is 6.48. The third-order valence-corrected chi connectivity index (χ3v) is 7.04. The molecule has 8 unspecified atom stereocenters. The lowest BCUT2D eigenvalue weighted by atomic mass is 9.81. The number of fused-ring (bicyclic) bond motifs is 6.